The molecule has 7 heteroatoms. The molecule has 1 amide bonds. The Kier molecular flexibility index (Phi) is 5.28. The number of methoxy groups -OCH3 is 1. The summed E-state index contributed by atoms with van der Waals surface area (Å²) < 4.78 is 10.5. The van der Waals surface area contributed by atoms with Gasteiger partial charge in [-0.15, -0.1) is 0 Å². The molecule has 6 nitrogen and oxygen atoms in total. The Labute approximate surface area is 138 Å². The molecule has 0 aliphatic carbocycles. The van der Waals surface area contributed by atoms with E-state index in [2.05, 4.69) is 5.32 Å². The summed E-state index contributed by atoms with van der Waals surface area (Å²) >= 11 is 6.10. The van der Waals surface area contributed by atoms with Crippen LogP contribution in [-0.2, 0) is 13.0 Å². The lowest BCUT2D eigenvalue weighted by Crippen LogP contribution is -2.22. The van der Waals surface area contributed by atoms with Crippen LogP contribution in [0.4, 0.5) is 0 Å². The van der Waals surface area contributed by atoms with E-state index in [1.54, 1.807) is 25.1 Å². The Balaban J connectivity index is 2.16. The number of hydrogen-bond donors (Lipinski definition) is 2. The third-order valence-corrected chi connectivity index (χ3v) is 3.66. The number of carbonyl (C=O) groups excluding carboxylic acids is 1. The van der Waals surface area contributed by atoms with Gasteiger partial charge in [-0.05, 0) is 12.1 Å². The van der Waals surface area contributed by atoms with Gasteiger partial charge in [-0.25, -0.2) is 4.79 Å². The number of rotatable bonds is 6. The number of halogens is 1. The summed E-state index contributed by atoms with van der Waals surface area (Å²) in [5.74, 6) is -0.882. The zero-order valence-electron chi connectivity index (χ0n) is 12.7. The van der Waals surface area contributed by atoms with Gasteiger partial charge in [-0.2, -0.15) is 0 Å². The van der Waals surface area contributed by atoms with E-state index >= 15 is 0 Å². The van der Waals surface area contributed by atoms with E-state index < -0.39 is 11.9 Å². The summed E-state index contributed by atoms with van der Waals surface area (Å²) in [4.78, 5) is 23.2. The molecule has 0 saturated heterocycles. The van der Waals surface area contributed by atoms with E-state index in [4.69, 9.17) is 25.9 Å². The molecular weight excluding hydrogens is 322 g/mol. The molecule has 0 bridgehead atoms. The fourth-order valence-electron chi connectivity index (χ4n) is 2.14. The summed E-state index contributed by atoms with van der Waals surface area (Å²) in [6, 6.07) is 6.39. The number of amides is 1. The lowest BCUT2D eigenvalue weighted by atomic mass is 10.2. The number of aryl methyl sites for hydroxylation is 1. The second-order valence-electron chi connectivity index (χ2n) is 4.71. The number of hydrogen-bond acceptors (Lipinski definition) is 4. The minimum atomic E-state index is -1.13. The van der Waals surface area contributed by atoms with Crippen molar-refractivity contribution < 1.29 is 23.8 Å². The predicted octanol–water partition coefficient (Wildman–Crippen LogP) is 3.13. The molecule has 1 heterocycles. The molecule has 2 rings (SSSR count). The summed E-state index contributed by atoms with van der Waals surface area (Å²) in [5, 5.41) is 12.2. The van der Waals surface area contributed by atoms with Gasteiger partial charge < -0.3 is 19.6 Å². The maximum Gasteiger partial charge on any atom is 0.339 e. The highest BCUT2D eigenvalue weighted by Gasteiger charge is 2.20. The highest BCUT2D eigenvalue weighted by atomic mass is 35.5. The van der Waals surface area contributed by atoms with Gasteiger partial charge in [-0.1, -0.05) is 24.6 Å². The van der Waals surface area contributed by atoms with Crippen LogP contribution in [0, 0.1) is 0 Å². The lowest BCUT2D eigenvalue weighted by molar-refractivity contribution is 0.0694. The van der Waals surface area contributed by atoms with E-state index in [1.165, 1.54) is 13.2 Å². The van der Waals surface area contributed by atoms with Crippen LogP contribution in [0.5, 0.6) is 5.75 Å². The fourth-order valence-corrected chi connectivity index (χ4v) is 2.37. The molecule has 1 aromatic heterocycles. The molecule has 0 radical (unpaired) electrons. The first kappa shape index (κ1) is 16.9. The Morgan fingerprint density at radius 2 is 2.13 bits per heavy atom. The Morgan fingerprint density at radius 1 is 1.39 bits per heavy atom. The minimum absolute atomic E-state index is 0.00651. The van der Waals surface area contributed by atoms with Crippen LogP contribution in [0.2, 0.25) is 5.02 Å². The van der Waals surface area contributed by atoms with Crippen molar-refractivity contribution in [2.24, 2.45) is 0 Å². The van der Waals surface area contributed by atoms with Crippen LogP contribution in [0.25, 0.3) is 0 Å². The summed E-state index contributed by atoms with van der Waals surface area (Å²) in [5.41, 5.74) is 0.624. The zero-order valence-corrected chi connectivity index (χ0v) is 13.4. The van der Waals surface area contributed by atoms with Gasteiger partial charge >= 0.3 is 5.97 Å². The van der Waals surface area contributed by atoms with E-state index in [9.17, 15) is 9.59 Å². The molecule has 2 aromatic rings. The van der Waals surface area contributed by atoms with Crippen LogP contribution in [-0.4, -0.2) is 24.1 Å². The maximum atomic E-state index is 12.2. The van der Waals surface area contributed by atoms with Gasteiger partial charge in [0, 0.05) is 29.6 Å². The van der Waals surface area contributed by atoms with Gasteiger partial charge in [0.1, 0.15) is 17.1 Å². The maximum absolute atomic E-state index is 12.2. The van der Waals surface area contributed by atoms with Crippen LogP contribution in [0.1, 0.15) is 39.2 Å². The van der Waals surface area contributed by atoms with Crippen molar-refractivity contribution in [3.05, 3.63) is 51.9 Å². The minimum Gasteiger partial charge on any atom is -0.496 e. The van der Waals surface area contributed by atoms with Gasteiger partial charge in [0.2, 0.25) is 0 Å². The van der Waals surface area contributed by atoms with Gasteiger partial charge in [0.15, 0.2) is 5.76 Å². The number of nitrogens with one attached hydrogen (secondary N) is 1. The standard InChI is InChI=1S/C16H16ClNO5/c1-3-12-9(16(20)21)7-14(23-12)15(19)18-8-10-11(17)5-4-6-13(10)22-2/h4-7H,3,8H2,1-2H3,(H,18,19)(H,20,21). The number of carboxylic acid groups (broad SMARTS) is 1. The average molecular weight is 338 g/mol. The largest absolute Gasteiger partial charge is 0.496 e. The van der Waals surface area contributed by atoms with Crippen molar-refractivity contribution in [1.82, 2.24) is 5.32 Å². The predicted molar refractivity (Wildman–Crippen MR) is 84.2 cm³/mol. The Bertz CT molecular complexity index is 738. The molecule has 0 aliphatic rings. The third kappa shape index (κ3) is 3.65. The first-order valence-electron chi connectivity index (χ1n) is 6.93. The molecule has 0 unspecified atom stereocenters. The molecule has 0 saturated carbocycles. The van der Waals surface area contributed by atoms with Crippen LogP contribution in [0.3, 0.4) is 0 Å². The Morgan fingerprint density at radius 3 is 2.70 bits per heavy atom. The SMILES string of the molecule is CCc1oc(C(=O)NCc2c(Cl)cccc2OC)cc1C(=O)O. The number of furan rings is 1. The number of ether oxygens (including phenoxy) is 1. The Hall–Kier alpha value is -2.47. The number of carbonyl (C=O) groups is 2. The van der Waals surface area contributed by atoms with Crippen molar-refractivity contribution in [3.63, 3.8) is 0 Å². The molecule has 1 aromatic carbocycles. The third-order valence-electron chi connectivity index (χ3n) is 3.31. The summed E-state index contributed by atoms with van der Waals surface area (Å²) in [6.07, 6.45) is 0.382. The molecule has 0 fully saturated rings. The number of aromatic carboxylic acids is 1. The second kappa shape index (κ2) is 7.19. The molecular formula is C16H16ClNO5. The van der Waals surface area contributed by atoms with Crippen LogP contribution < -0.4 is 10.1 Å². The lowest BCUT2D eigenvalue weighted by Gasteiger charge is -2.10. The van der Waals surface area contributed by atoms with Gasteiger partial charge in [0.25, 0.3) is 5.91 Å². The number of benzene rings is 1. The fraction of sp³-hybridized carbons (Fsp3) is 0.250. The van der Waals surface area contributed by atoms with Gasteiger partial charge in [-0.3, -0.25) is 4.79 Å². The van der Waals surface area contributed by atoms with Crippen LogP contribution >= 0.6 is 11.6 Å². The topological polar surface area (TPSA) is 88.8 Å². The molecule has 2 N–H and O–H groups in total. The normalized spacial score (nSPS) is 10.4. The van der Waals surface area contributed by atoms with E-state index in [0.29, 0.717) is 22.8 Å². The quantitative estimate of drug-likeness (QED) is 0.845. The van der Waals surface area contributed by atoms with E-state index in [-0.39, 0.29) is 23.6 Å². The molecule has 0 spiro atoms. The monoisotopic (exact) mass is 337 g/mol. The van der Waals surface area contributed by atoms with Crippen LogP contribution in [0.15, 0.2) is 28.7 Å². The molecule has 0 atom stereocenters. The number of carboxylic acids is 1. The van der Waals surface area contributed by atoms with Crippen molar-refractivity contribution in [2.45, 2.75) is 19.9 Å². The average Bonchev–Trinajstić information content (AvgIpc) is 2.97. The van der Waals surface area contributed by atoms with E-state index in [0.717, 1.165) is 0 Å². The second-order valence-corrected chi connectivity index (χ2v) is 5.12. The first-order chi connectivity index (χ1) is 11.0. The summed E-state index contributed by atoms with van der Waals surface area (Å²) in [6.45, 7) is 1.88. The smallest absolute Gasteiger partial charge is 0.339 e. The van der Waals surface area contributed by atoms with E-state index in [1.807, 2.05) is 0 Å². The van der Waals surface area contributed by atoms with Gasteiger partial charge in [0.05, 0.1) is 7.11 Å². The highest BCUT2D eigenvalue weighted by molar-refractivity contribution is 6.31. The van der Waals surface area contributed by atoms with Crippen molar-refractivity contribution in [1.29, 1.82) is 0 Å². The highest BCUT2D eigenvalue weighted by Crippen LogP contribution is 2.26. The van der Waals surface area contributed by atoms with Crippen molar-refractivity contribution in [2.75, 3.05) is 7.11 Å². The summed E-state index contributed by atoms with van der Waals surface area (Å²) in [7, 11) is 1.51. The molecule has 122 valence electrons. The molecule has 0 aliphatic heterocycles. The van der Waals surface area contributed by atoms with Crippen molar-refractivity contribution >= 4 is 23.5 Å². The zero-order chi connectivity index (χ0) is 17.0. The first-order valence-corrected chi connectivity index (χ1v) is 7.31. The molecule has 23 heavy (non-hydrogen) atoms. The van der Waals surface area contributed by atoms with Crippen molar-refractivity contribution in [3.8, 4) is 5.75 Å².